The summed E-state index contributed by atoms with van der Waals surface area (Å²) in [5.41, 5.74) is 4.44. The molecule has 3 heterocycles. The second-order valence-electron chi connectivity index (χ2n) is 6.16. The molecule has 1 aromatic carbocycles. The lowest BCUT2D eigenvalue weighted by Gasteiger charge is -2.42. The predicted molar refractivity (Wildman–Crippen MR) is 79.3 cm³/mol. The summed E-state index contributed by atoms with van der Waals surface area (Å²) in [6, 6.07) is 9.45. The summed E-state index contributed by atoms with van der Waals surface area (Å²) in [6.45, 7) is 4.88. The number of nitrogens with zero attached hydrogens (tertiary/aromatic N) is 1. The van der Waals surface area contributed by atoms with E-state index in [1.54, 1.807) is 5.56 Å². The van der Waals surface area contributed by atoms with Crippen LogP contribution in [0.4, 0.5) is 0 Å². The molecule has 0 spiro atoms. The van der Waals surface area contributed by atoms with Crippen molar-refractivity contribution in [1.29, 1.82) is 0 Å². The molecule has 2 nitrogen and oxygen atoms in total. The highest BCUT2D eigenvalue weighted by Crippen LogP contribution is 2.41. The number of aromatic amines is 1. The summed E-state index contributed by atoms with van der Waals surface area (Å²) in [6.07, 6.45) is 5.28. The van der Waals surface area contributed by atoms with Crippen LogP contribution in [-0.2, 0) is 6.42 Å². The van der Waals surface area contributed by atoms with Crippen molar-refractivity contribution in [3.63, 3.8) is 0 Å². The van der Waals surface area contributed by atoms with Crippen molar-refractivity contribution in [3.05, 3.63) is 35.5 Å². The number of piperidine rings is 1. The number of rotatable bonds is 1. The van der Waals surface area contributed by atoms with Gasteiger partial charge in [0, 0.05) is 23.1 Å². The van der Waals surface area contributed by atoms with E-state index in [0.717, 1.165) is 5.92 Å². The number of benzene rings is 1. The molecule has 2 aromatic rings. The van der Waals surface area contributed by atoms with Crippen molar-refractivity contribution in [3.8, 4) is 0 Å². The average Bonchev–Trinajstić information content (AvgIpc) is 2.85. The first-order valence-electron chi connectivity index (χ1n) is 7.70. The normalized spacial score (nSPS) is 27.2. The summed E-state index contributed by atoms with van der Waals surface area (Å²) in [4.78, 5) is 6.42. The molecule has 1 N–H and O–H groups in total. The second-order valence-corrected chi connectivity index (χ2v) is 6.16. The Balaban J connectivity index is 1.80. The van der Waals surface area contributed by atoms with E-state index in [0.29, 0.717) is 6.04 Å². The van der Waals surface area contributed by atoms with E-state index < -0.39 is 0 Å². The molecule has 2 heteroatoms. The summed E-state index contributed by atoms with van der Waals surface area (Å²) < 4.78 is 0. The van der Waals surface area contributed by atoms with Crippen LogP contribution in [0, 0.1) is 5.92 Å². The van der Waals surface area contributed by atoms with Crippen LogP contribution in [0.3, 0.4) is 0 Å². The number of hydrogen-bond donors (Lipinski definition) is 1. The third-order valence-electron chi connectivity index (χ3n) is 5.23. The minimum Gasteiger partial charge on any atom is -0.357 e. The molecule has 1 aromatic heterocycles. The Bertz CT molecular complexity index is 598. The predicted octanol–water partition coefficient (Wildman–Crippen LogP) is 3.89. The highest BCUT2D eigenvalue weighted by atomic mass is 15.2. The number of nitrogens with one attached hydrogen (secondary N) is 1. The zero-order valence-electron chi connectivity index (χ0n) is 11.7. The lowest BCUT2D eigenvalue weighted by atomic mass is 9.84. The molecule has 0 aliphatic carbocycles. The minimum absolute atomic E-state index is 0.648. The van der Waals surface area contributed by atoms with Gasteiger partial charge in [0.05, 0.1) is 6.04 Å². The number of fused-ring (bicyclic) bond motifs is 5. The maximum absolute atomic E-state index is 3.72. The van der Waals surface area contributed by atoms with Crippen LogP contribution in [0.15, 0.2) is 24.3 Å². The van der Waals surface area contributed by atoms with E-state index in [1.807, 2.05) is 0 Å². The summed E-state index contributed by atoms with van der Waals surface area (Å²) in [5, 5.41) is 1.45. The Morgan fingerprint density at radius 1 is 1.26 bits per heavy atom. The molecule has 0 unspecified atom stereocenters. The zero-order valence-corrected chi connectivity index (χ0v) is 11.7. The lowest BCUT2D eigenvalue weighted by Crippen LogP contribution is -2.41. The number of aromatic nitrogens is 1. The van der Waals surface area contributed by atoms with Gasteiger partial charge in [-0.25, -0.2) is 0 Å². The number of H-pyrrole nitrogens is 1. The third kappa shape index (κ3) is 1.73. The highest BCUT2D eigenvalue weighted by molar-refractivity contribution is 5.85. The Labute approximate surface area is 114 Å². The van der Waals surface area contributed by atoms with Gasteiger partial charge in [-0.1, -0.05) is 31.5 Å². The molecule has 2 aliphatic heterocycles. The van der Waals surface area contributed by atoms with E-state index in [2.05, 4.69) is 41.1 Å². The maximum Gasteiger partial charge on any atom is 0.0504 e. The summed E-state index contributed by atoms with van der Waals surface area (Å²) >= 11 is 0. The average molecular weight is 254 g/mol. The van der Waals surface area contributed by atoms with E-state index in [9.17, 15) is 0 Å². The summed E-state index contributed by atoms with van der Waals surface area (Å²) in [7, 11) is 0. The zero-order chi connectivity index (χ0) is 12.8. The first kappa shape index (κ1) is 11.5. The van der Waals surface area contributed by atoms with Crippen LogP contribution in [0.2, 0.25) is 0 Å². The van der Waals surface area contributed by atoms with Crippen molar-refractivity contribution >= 4 is 10.9 Å². The van der Waals surface area contributed by atoms with Crippen LogP contribution < -0.4 is 0 Å². The van der Waals surface area contributed by atoms with Crippen LogP contribution in [0.25, 0.3) is 10.9 Å². The van der Waals surface area contributed by atoms with Crippen molar-refractivity contribution in [2.75, 3.05) is 13.1 Å². The van der Waals surface area contributed by atoms with Crippen molar-refractivity contribution in [1.82, 2.24) is 9.88 Å². The van der Waals surface area contributed by atoms with Gasteiger partial charge in [0.1, 0.15) is 0 Å². The Kier molecular flexibility index (Phi) is 2.66. The molecular formula is C17H22N2. The van der Waals surface area contributed by atoms with Crippen LogP contribution in [0.1, 0.15) is 43.5 Å². The van der Waals surface area contributed by atoms with Crippen molar-refractivity contribution < 1.29 is 0 Å². The van der Waals surface area contributed by atoms with E-state index >= 15 is 0 Å². The Morgan fingerprint density at radius 3 is 3.05 bits per heavy atom. The van der Waals surface area contributed by atoms with Crippen LogP contribution in [-0.4, -0.2) is 23.0 Å². The first-order chi connectivity index (χ1) is 9.36. The molecule has 1 fully saturated rings. The fourth-order valence-electron chi connectivity index (χ4n) is 4.06. The monoisotopic (exact) mass is 254 g/mol. The van der Waals surface area contributed by atoms with Crippen LogP contribution in [0.5, 0.6) is 0 Å². The molecule has 0 amide bonds. The molecule has 2 aliphatic rings. The Hall–Kier alpha value is -1.28. The quantitative estimate of drug-likeness (QED) is 0.818. The largest absolute Gasteiger partial charge is 0.357 e. The van der Waals surface area contributed by atoms with Gasteiger partial charge in [0.15, 0.2) is 0 Å². The molecular weight excluding hydrogens is 232 g/mol. The highest BCUT2D eigenvalue weighted by Gasteiger charge is 2.34. The second kappa shape index (κ2) is 4.38. The fraction of sp³-hybridized carbons (Fsp3) is 0.529. The third-order valence-corrected chi connectivity index (χ3v) is 5.23. The molecule has 0 saturated carbocycles. The van der Waals surface area contributed by atoms with Gasteiger partial charge in [-0.3, -0.25) is 4.90 Å². The maximum atomic E-state index is 3.72. The fourth-order valence-corrected chi connectivity index (χ4v) is 4.06. The molecule has 1 saturated heterocycles. The van der Waals surface area contributed by atoms with Crippen molar-refractivity contribution in [2.45, 2.75) is 38.6 Å². The van der Waals surface area contributed by atoms with Gasteiger partial charge in [0.2, 0.25) is 0 Å². The van der Waals surface area contributed by atoms with Crippen molar-refractivity contribution in [2.24, 2.45) is 5.92 Å². The SMILES string of the molecule is CC[C@@H]1CCN2CCc3c([nH]c4ccccc34)[C@H]2C1. The molecule has 0 radical (unpaired) electrons. The van der Waals surface area contributed by atoms with Gasteiger partial charge in [0.25, 0.3) is 0 Å². The first-order valence-corrected chi connectivity index (χ1v) is 7.70. The minimum atomic E-state index is 0.648. The number of hydrogen-bond acceptors (Lipinski definition) is 1. The molecule has 4 rings (SSSR count). The van der Waals surface area contributed by atoms with E-state index in [4.69, 9.17) is 0 Å². The molecule has 0 bridgehead atoms. The summed E-state index contributed by atoms with van der Waals surface area (Å²) in [5.74, 6) is 0.915. The Morgan fingerprint density at radius 2 is 2.16 bits per heavy atom. The van der Waals surface area contributed by atoms with Gasteiger partial charge >= 0.3 is 0 Å². The van der Waals surface area contributed by atoms with E-state index in [1.165, 1.54) is 55.4 Å². The van der Waals surface area contributed by atoms with E-state index in [-0.39, 0.29) is 0 Å². The van der Waals surface area contributed by atoms with Gasteiger partial charge in [-0.15, -0.1) is 0 Å². The molecule has 2 atom stereocenters. The lowest BCUT2D eigenvalue weighted by molar-refractivity contribution is 0.0993. The smallest absolute Gasteiger partial charge is 0.0504 e. The van der Waals surface area contributed by atoms with Gasteiger partial charge < -0.3 is 4.98 Å². The van der Waals surface area contributed by atoms with Gasteiger partial charge in [-0.05, 0) is 43.4 Å². The van der Waals surface area contributed by atoms with Gasteiger partial charge in [-0.2, -0.15) is 0 Å². The molecule has 100 valence electrons. The number of para-hydroxylation sites is 1. The molecule has 19 heavy (non-hydrogen) atoms. The standard InChI is InChI=1S/C17H22N2/c1-2-12-7-9-19-10-8-14-13-5-3-4-6-15(13)18-17(14)16(19)11-12/h3-6,12,16,18H,2,7-11H2,1H3/t12-,16-/m1/s1. The van der Waals surface area contributed by atoms with Crippen LogP contribution >= 0.6 is 0 Å². The topological polar surface area (TPSA) is 19.0 Å².